The fraction of sp³-hybridized carbons (Fsp3) is 0.950. The first kappa shape index (κ1) is 42.9. The Bertz CT molecular complexity index is 633. The third-order valence-corrected chi connectivity index (χ3v) is 10.3. The van der Waals surface area contributed by atoms with E-state index in [0.29, 0.717) is 0 Å². The average molecular weight is 623 g/mol. The van der Waals surface area contributed by atoms with Gasteiger partial charge in [-0.25, -0.2) is 0 Å². The van der Waals surface area contributed by atoms with E-state index in [1.54, 1.807) is 0 Å². The van der Waals surface area contributed by atoms with Crippen molar-refractivity contribution in [1.29, 1.82) is 0 Å². The van der Waals surface area contributed by atoms with E-state index in [1.807, 2.05) is 0 Å². The van der Waals surface area contributed by atoms with Crippen molar-refractivity contribution in [2.75, 3.05) is 0 Å². The molecule has 0 aromatic heterocycles. The average Bonchev–Trinajstić information content (AvgIpc) is 3.00. The van der Waals surface area contributed by atoms with Crippen LogP contribution in [0.2, 0.25) is 0 Å². The summed E-state index contributed by atoms with van der Waals surface area (Å²) in [6.45, 7) is 6.79. The number of rotatable bonds is 36. The maximum absolute atomic E-state index is 13.3. The lowest BCUT2D eigenvalue weighted by Gasteiger charge is -2.38. The molecule has 262 valence electrons. The minimum atomic E-state index is -0.694. The van der Waals surface area contributed by atoms with E-state index in [0.717, 1.165) is 77.0 Å². The Hall–Kier alpha value is -1.06. The quantitative estimate of drug-likeness (QED) is 0.0682. The smallest absolute Gasteiger partial charge is 0.309 e. The minimum Gasteiger partial charge on any atom is -0.481 e. The summed E-state index contributed by atoms with van der Waals surface area (Å²) < 4.78 is 0. The first-order valence-electron chi connectivity index (χ1n) is 19.9. The van der Waals surface area contributed by atoms with Gasteiger partial charge in [-0.15, -0.1) is 0 Å². The van der Waals surface area contributed by atoms with Crippen LogP contribution in [0.4, 0.5) is 0 Å². The molecule has 0 saturated carbocycles. The molecule has 4 nitrogen and oxygen atoms in total. The molecule has 0 fully saturated rings. The van der Waals surface area contributed by atoms with Crippen molar-refractivity contribution in [2.45, 2.75) is 233 Å². The summed E-state index contributed by atoms with van der Waals surface area (Å²) in [6.07, 6.45) is 38.2. The first-order chi connectivity index (χ1) is 21.4. The second-order valence-electron chi connectivity index (χ2n) is 14.2. The largest absolute Gasteiger partial charge is 0.481 e. The van der Waals surface area contributed by atoms with Crippen molar-refractivity contribution in [1.82, 2.24) is 0 Å². The number of unbranched alkanes of at least 4 members (excludes halogenated alkanes) is 24. The van der Waals surface area contributed by atoms with E-state index in [4.69, 9.17) is 5.11 Å². The van der Waals surface area contributed by atoms with Gasteiger partial charge in [0.2, 0.25) is 0 Å². The molecule has 0 heterocycles. The van der Waals surface area contributed by atoms with Crippen molar-refractivity contribution in [2.24, 2.45) is 11.3 Å². The molecule has 2 unspecified atom stereocenters. The van der Waals surface area contributed by atoms with Gasteiger partial charge in [-0.05, 0) is 38.0 Å². The Morgan fingerprint density at radius 1 is 0.432 bits per heavy atom. The van der Waals surface area contributed by atoms with Crippen molar-refractivity contribution < 1.29 is 19.8 Å². The molecule has 2 atom stereocenters. The van der Waals surface area contributed by atoms with Crippen LogP contribution in [0.5, 0.6) is 0 Å². The molecule has 0 aromatic carbocycles. The summed E-state index contributed by atoms with van der Waals surface area (Å²) in [6, 6.07) is 0. The van der Waals surface area contributed by atoms with Crippen molar-refractivity contribution in [3.63, 3.8) is 0 Å². The fourth-order valence-electron chi connectivity index (χ4n) is 7.31. The molecule has 0 amide bonds. The predicted molar refractivity (Wildman–Crippen MR) is 191 cm³/mol. The number of aliphatic carboxylic acids is 2. The molecule has 0 aliphatic rings. The van der Waals surface area contributed by atoms with Gasteiger partial charge < -0.3 is 10.2 Å². The van der Waals surface area contributed by atoms with Gasteiger partial charge in [-0.2, -0.15) is 0 Å². The fourth-order valence-corrected chi connectivity index (χ4v) is 7.31. The molecule has 44 heavy (non-hydrogen) atoms. The van der Waals surface area contributed by atoms with E-state index in [9.17, 15) is 14.7 Å². The van der Waals surface area contributed by atoms with E-state index in [1.165, 1.54) is 128 Å². The predicted octanol–water partition coefficient (Wildman–Crippen LogP) is 13.7. The third kappa shape index (κ3) is 24.2. The molecule has 0 bridgehead atoms. The van der Waals surface area contributed by atoms with E-state index < -0.39 is 17.4 Å². The SMILES string of the molecule is CCCCCCCCCCCCC(CCCCCCCC)(C(=O)O)C(CCCCCCCC)CCCCCCCCC(=O)O. The molecule has 0 aromatic rings. The highest BCUT2D eigenvalue weighted by molar-refractivity contribution is 5.75. The number of hydrogen-bond acceptors (Lipinski definition) is 2. The summed E-state index contributed by atoms with van der Waals surface area (Å²) in [4.78, 5) is 24.1. The highest BCUT2D eigenvalue weighted by Crippen LogP contribution is 2.45. The van der Waals surface area contributed by atoms with Gasteiger partial charge in [0.15, 0.2) is 0 Å². The van der Waals surface area contributed by atoms with Crippen LogP contribution in [0.1, 0.15) is 233 Å². The van der Waals surface area contributed by atoms with E-state index in [-0.39, 0.29) is 12.3 Å². The summed E-state index contributed by atoms with van der Waals surface area (Å²) in [5.41, 5.74) is -0.560. The monoisotopic (exact) mass is 623 g/mol. The maximum atomic E-state index is 13.3. The van der Waals surface area contributed by atoms with E-state index in [2.05, 4.69) is 20.8 Å². The van der Waals surface area contributed by atoms with E-state index >= 15 is 0 Å². The minimum absolute atomic E-state index is 0.277. The van der Waals surface area contributed by atoms with Gasteiger partial charge in [0.1, 0.15) is 0 Å². The van der Waals surface area contributed by atoms with Crippen LogP contribution in [-0.2, 0) is 9.59 Å². The van der Waals surface area contributed by atoms with Crippen LogP contribution in [0.3, 0.4) is 0 Å². The molecule has 2 N–H and O–H groups in total. The second-order valence-corrected chi connectivity index (χ2v) is 14.2. The van der Waals surface area contributed by atoms with Crippen LogP contribution in [0, 0.1) is 11.3 Å². The zero-order valence-corrected chi connectivity index (χ0v) is 30.1. The Morgan fingerprint density at radius 3 is 1.05 bits per heavy atom. The van der Waals surface area contributed by atoms with Crippen LogP contribution in [-0.4, -0.2) is 22.2 Å². The van der Waals surface area contributed by atoms with Crippen molar-refractivity contribution in [3.8, 4) is 0 Å². The third-order valence-electron chi connectivity index (χ3n) is 10.3. The lowest BCUT2D eigenvalue weighted by molar-refractivity contribution is -0.155. The lowest BCUT2D eigenvalue weighted by Crippen LogP contribution is -2.39. The highest BCUT2D eigenvalue weighted by Gasteiger charge is 2.43. The Balaban J connectivity index is 5.25. The summed E-state index contributed by atoms with van der Waals surface area (Å²) in [7, 11) is 0. The number of carbonyl (C=O) groups is 2. The standard InChI is InChI=1S/C40H78O4/c1-4-7-10-13-16-17-18-21-26-31-36-40(39(43)44,35-30-25-15-12-9-6-3)37(32-27-22-14-11-8-5-2)33-28-23-19-20-24-29-34-38(41)42/h37H,4-36H2,1-3H3,(H,41,42)(H,43,44). The van der Waals surface area contributed by atoms with Gasteiger partial charge in [-0.3, -0.25) is 9.59 Å². The number of carboxylic acids is 2. The van der Waals surface area contributed by atoms with Gasteiger partial charge in [0.25, 0.3) is 0 Å². The van der Waals surface area contributed by atoms with Crippen molar-refractivity contribution >= 4 is 11.9 Å². The van der Waals surface area contributed by atoms with Gasteiger partial charge >= 0.3 is 11.9 Å². The Kier molecular flexibility index (Phi) is 31.1. The molecular formula is C40H78O4. The molecular weight excluding hydrogens is 544 g/mol. The van der Waals surface area contributed by atoms with Gasteiger partial charge in [-0.1, -0.05) is 194 Å². The number of carboxylic acid groups (broad SMARTS) is 2. The van der Waals surface area contributed by atoms with Crippen LogP contribution in [0.15, 0.2) is 0 Å². The zero-order chi connectivity index (χ0) is 32.6. The normalized spacial score (nSPS) is 13.6. The maximum Gasteiger partial charge on any atom is 0.309 e. The van der Waals surface area contributed by atoms with Crippen LogP contribution in [0.25, 0.3) is 0 Å². The first-order valence-corrected chi connectivity index (χ1v) is 19.9. The highest BCUT2D eigenvalue weighted by atomic mass is 16.4. The number of hydrogen-bond donors (Lipinski definition) is 2. The van der Waals surface area contributed by atoms with Gasteiger partial charge in [0.05, 0.1) is 5.41 Å². The molecule has 0 spiro atoms. The van der Waals surface area contributed by atoms with Gasteiger partial charge in [0, 0.05) is 6.42 Å². The topological polar surface area (TPSA) is 74.6 Å². The summed E-state index contributed by atoms with van der Waals surface area (Å²) >= 11 is 0. The van der Waals surface area contributed by atoms with Crippen molar-refractivity contribution in [3.05, 3.63) is 0 Å². The molecule has 4 heteroatoms. The second kappa shape index (κ2) is 31.9. The lowest BCUT2D eigenvalue weighted by atomic mass is 9.65. The van der Waals surface area contributed by atoms with Crippen LogP contribution < -0.4 is 0 Å². The summed E-state index contributed by atoms with van der Waals surface area (Å²) in [5, 5.41) is 19.8. The van der Waals surface area contributed by atoms with Crippen LogP contribution >= 0.6 is 0 Å². The molecule has 0 saturated heterocycles. The molecule has 0 aliphatic heterocycles. The molecule has 0 radical (unpaired) electrons. The zero-order valence-electron chi connectivity index (χ0n) is 30.1. The summed E-state index contributed by atoms with van der Waals surface area (Å²) in [5.74, 6) is -0.917. The molecule has 0 aliphatic carbocycles. The Labute approximate surface area is 275 Å². The molecule has 0 rings (SSSR count). The Morgan fingerprint density at radius 2 is 0.727 bits per heavy atom.